The first-order valence-electron chi connectivity index (χ1n) is 5.65. The molecule has 0 radical (unpaired) electrons. The van der Waals surface area contributed by atoms with Crippen molar-refractivity contribution in [3.05, 3.63) is 41.1 Å². The summed E-state index contributed by atoms with van der Waals surface area (Å²) in [4.78, 5) is 11.6. The normalized spacial score (nSPS) is 8.50. The highest BCUT2D eigenvalue weighted by atomic mass is 16.5. The Labute approximate surface area is 116 Å². The Morgan fingerprint density at radius 1 is 1.25 bits per heavy atom. The standard InChI is InChI=1S/C14H10N4O2/c1-2-20-14(19)10-4-3-5-12(6-10)18-13(9-17)11(7-15)8-16/h3-6,18H,2H2,1H3. The van der Waals surface area contributed by atoms with Crippen LogP contribution in [0.25, 0.3) is 0 Å². The molecule has 20 heavy (non-hydrogen) atoms. The highest BCUT2D eigenvalue weighted by Gasteiger charge is 2.09. The van der Waals surface area contributed by atoms with Crippen LogP contribution in [0.5, 0.6) is 0 Å². The molecule has 98 valence electrons. The predicted molar refractivity (Wildman–Crippen MR) is 69.9 cm³/mol. The summed E-state index contributed by atoms with van der Waals surface area (Å²) in [5, 5.41) is 29.0. The summed E-state index contributed by atoms with van der Waals surface area (Å²) in [5.74, 6) is -0.487. The summed E-state index contributed by atoms with van der Waals surface area (Å²) in [7, 11) is 0. The highest BCUT2D eigenvalue weighted by Crippen LogP contribution is 2.15. The molecule has 0 aromatic heterocycles. The molecule has 1 rings (SSSR count). The third-order valence-corrected chi connectivity index (χ3v) is 2.23. The van der Waals surface area contributed by atoms with Gasteiger partial charge in [0.05, 0.1) is 12.2 Å². The minimum atomic E-state index is -0.487. The van der Waals surface area contributed by atoms with E-state index in [0.29, 0.717) is 11.3 Å². The van der Waals surface area contributed by atoms with Crippen LogP contribution in [-0.2, 0) is 4.74 Å². The van der Waals surface area contributed by atoms with Crippen molar-refractivity contribution in [2.75, 3.05) is 11.9 Å². The minimum Gasteiger partial charge on any atom is -0.462 e. The van der Waals surface area contributed by atoms with Crippen LogP contribution in [0.15, 0.2) is 35.5 Å². The highest BCUT2D eigenvalue weighted by molar-refractivity contribution is 5.90. The number of esters is 1. The molecule has 0 fully saturated rings. The third-order valence-electron chi connectivity index (χ3n) is 2.23. The van der Waals surface area contributed by atoms with Crippen molar-refractivity contribution >= 4 is 11.7 Å². The Bertz CT molecular complexity index is 656. The van der Waals surface area contributed by atoms with Crippen LogP contribution in [0, 0.1) is 34.0 Å². The maximum atomic E-state index is 11.6. The van der Waals surface area contributed by atoms with E-state index in [4.69, 9.17) is 20.5 Å². The molecule has 0 spiro atoms. The molecule has 0 atom stereocenters. The molecule has 0 amide bonds. The van der Waals surface area contributed by atoms with E-state index in [-0.39, 0.29) is 17.9 Å². The van der Waals surface area contributed by atoms with Gasteiger partial charge in [-0.3, -0.25) is 0 Å². The fourth-order valence-electron chi connectivity index (χ4n) is 1.37. The molecule has 0 unspecified atom stereocenters. The molecular formula is C14H10N4O2. The van der Waals surface area contributed by atoms with Gasteiger partial charge in [0.25, 0.3) is 0 Å². The fourth-order valence-corrected chi connectivity index (χ4v) is 1.37. The van der Waals surface area contributed by atoms with E-state index in [9.17, 15) is 4.79 Å². The quantitative estimate of drug-likeness (QED) is 0.660. The van der Waals surface area contributed by atoms with Crippen molar-refractivity contribution in [3.8, 4) is 18.2 Å². The lowest BCUT2D eigenvalue weighted by Crippen LogP contribution is -2.06. The number of nitrogens with zero attached hydrogens (tertiary/aromatic N) is 3. The van der Waals surface area contributed by atoms with E-state index in [1.54, 1.807) is 43.3 Å². The molecule has 1 aromatic carbocycles. The van der Waals surface area contributed by atoms with Crippen LogP contribution in [0.1, 0.15) is 17.3 Å². The monoisotopic (exact) mass is 266 g/mol. The number of anilines is 1. The van der Waals surface area contributed by atoms with Crippen LogP contribution in [0.2, 0.25) is 0 Å². The lowest BCUT2D eigenvalue weighted by Gasteiger charge is -2.07. The summed E-state index contributed by atoms with van der Waals surface area (Å²) in [6.07, 6.45) is 0. The topological polar surface area (TPSA) is 110 Å². The number of rotatable bonds is 4. The number of nitriles is 3. The van der Waals surface area contributed by atoms with E-state index in [0.717, 1.165) is 0 Å². The molecule has 6 nitrogen and oxygen atoms in total. The molecule has 6 heteroatoms. The summed E-state index contributed by atoms with van der Waals surface area (Å²) >= 11 is 0. The van der Waals surface area contributed by atoms with E-state index >= 15 is 0 Å². The van der Waals surface area contributed by atoms with E-state index in [1.807, 2.05) is 0 Å². The maximum Gasteiger partial charge on any atom is 0.338 e. The van der Waals surface area contributed by atoms with Crippen LogP contribution in [0.3, 0.4) is 0 Å². The Balaban J connectivity index is 3.07. The lowest BCUT2D eigenvalue weighted by molar-refractivity contribution is 0.0526. The maximum absolute atomic E-state index is 11.6. The van der Waals surface area contributed by atoms with Gasteiger partial charge in [-0.25, -0.2) is 4.79 Å². The average Bonchev–Trinajstić information content (AvgIpc) is 2.48. The second-order valence-corrected chi connectivity index (χ2v) is 3.51. The molecule has 0 aliphatic carbocycles. The second-order valence-electron chi connectivity index (χ2n) is 3.51. The van der Waals surface area contributed by atoms with Gasteiger partial charge in [0, 0.05) is 5.69 Å². The summed E-state index contributed by atoms with van der Waals surface area (Å²) in [5.41, 5.74) is 0.227. The minimum absolute atomic E-state index is 0.170. The smallest absolute Gasteiger partial charge is 0.338 e. The Morgan fingerprint density at radius 2 is 1.95 bits per heavy atom. The first kappa shape index (κ1) is 14.8. The molecule has 1 N–H and O–H groups in total. The van der Waals surface area contributed by atoms with Crippen molar-refractivity contribution in [1.82, 2.24) is 0 Å². The summed E-state index contributed by atoms with van der Waals surface area (Å²) in [6, 6.07) is 11.2. The Morgan fingerprint density at radius 3 is 2.50 bits per heavy atom. The zero-order chi connectivity index (χ0) is 15.0. The first-order chi connectivity index (χ1) is 9.65. The van der Waals surface area contributed by atoms with Crippen molar-refractivity contribution in [2.45, 2.75) is 6.92 Å². The zero-order valence-corrected chi connectivity index (χ0v) is 10.7. The van der Waals surface area contributed by atoms with Crippen molar-refractivity contribution in [2.24, 2.45) is 0 Å². The number of hydrogen-bond donors (Lipinski definition) is 1. The van der Waals surface area contributed by atoms with E-state index in [1.165, 1.54) is 6.07 Å². The molecule has 0 heterocycles. The summed E-state index contributed by atoms with van der Waals surface area (Å²) in [6.45, 7) is 1.95. The van der Waals surface area contributed by atoms with Crippen molar-refractivity contribution < 1.29 is 9.53 Å². The number of hydrogen-bond acceptors (Lipinski definition) is 6. The van der Waals surface area contributed by atoms with E-state index in [2.05, 4.69) is 5.32 Å². The van der Waals surface area contributed by atoms with Crippen molar-refractivity contribution in [3.63, 3.8) is 0 Å². The SMILES string of the molecule is CCOC(=O)c1cccc(NC(C#N)=C(C#N)C#N)c1. The number of allylic oxidation sites excluding steroid dienone is 2. The van der Waals surface area contributed by atoms with Crippen LogP contribution in [0.4, 0.5) is 5.69 Å². The number of benzene rings is 1. The molecule has 0 aliphatic heterocycles. The second kappa shape index (κ2) is 7.20. The molecule has 0 saturated carbocycles. The van der Waals surface area contributed by atoms with Gasteiger partial charge < -0.3 is 10.1 Å². The molecule has 0 saturated heterocycles. The Hall–Kier alpha value is -3.30. The zero-order valence-electron chi connectivity index (χ0n) is 10.7. The molecule has 0 aliphatic rings. The van der Waals surface area contributed by atoms with Gasteiger partial charge in [0.15, 0.2) is 5.57 Å². The Kier molecular flexibility index (Phi) is 5.32. The lowest BCUT2D eigenvalue weighted by atomic mass is 10.2. The van der Waals surface area contributed by atoms with Gasteiger partial charge in [-0.1, -0.05) is 6.07 Å². The number of ether oxygens (including phenoxy) is 1. The van der Waals surface area contributed by atoms with E-state index < -0.39 is 5.97 Å². The first-order valence-corrected chi connectivity index (χ1v) is 5.65. The average molecular weight is 266 g/mol. The van der Waals surface area contributed by atoms with Gasteiger partial charge in [0.1, 0.15) is 23.9 Å². The predicted octanol–water partition coefficient (Wildman–Crippen LogP) is 2.10. The van der Waals surface area contributed by atoms with Crippen LogP contribution in [-0.4, -0.2) is 12.6 Å². The van der Waals surface area contributed by atoms with Crippen molar-refractivity contribution in [1.29, 1.82) is 15.8 Å². The van der Waals surface area contributed by atoms with Gasteiger partial charge in [-0.15, -0.1) is 0 Å². The van der Waals surface area contributed by atoms with Gasteiger partial charge >= 0.3 is 5.97 Å². The summed E-state index contributed by atoms with van der Waals surface area (Å²) < 4.78 is 4.86. The van der Waals surface area contributed by atoms with Crippen LogP contribution < -0.4 is 5.32 Å². The molecular weight excluding hydrogens is 256 g/mol. The van der Waals surface area contributed by atoms with Gasteiger partial charge in [0.2, 0.25) is 0 Å². The number of nitrogens with one attached hydrogen (secondary N) is 1. The largest absolute Gasteiger partial charge is 0.462 e. The van der Waals surface area contributed by atoms with Gasteiger partial charge in [-0.2, -0.15) is 15.8 Å². The number of carbonyl (C=O) groups excluding carboxylic acids is 1. The van der Waals surface area contributed by atoms with Gasteiger partial charge in [-0.05, 0) is 25.1 Å². The molecule has 1 aromatic rings. The number of carbonyl (C=O) groups is 1. The van der Waals surface area contributed by atoms with Crippen LogP contribution >= 0.6 is 0 Å². The third kappa shape index (κ3) is 3.60. The fraction of sp³-hybridized carbons (Fsp3) is 0.143. The molecule has 0 bridgehead atoms.